The molecule has 23 heavy (non-hydrogen) atoms. The number of benzene rings is 1. The topological polar surface area (TPSA) is 100 Å². The number of ether oxygens (including phenoxy) is 2. The molecule has 0 fully saturated rings. The van der Waals surface area contributed by atoms with E-state index in [-0.39, 0.29) is 24.7 Å². The Bertz CT molecular complexity index is 581. The Morgan fingerprint density at radius 2 is 1.74 bits per heavy atom. The number of hydrogen-bond donors (Lipinski definition) is 2. The fraction of sp³-hybridized carbons (Fsp3) is 0.438. The Morgan fingerprint density at radius 3 is 2.35 bits per heavy atom. The van der Waals surface area contributed by atoms with E-state index in [1.807, 2.05) is 6.07 Å². The van der Waals surface area contributed by atoms with Crippen molar-refractivity contribution in [1.82, 2.24) is 10.6 Å². The van der Waals surface area contributed by atoms with Crippen molar-refractivity contribution >= 4 is 11.8 Å². The normalized spacial score (nSPS) is 9.61. The molecule has 124 valence electrons. The lowest BCUT2D eigenvalue weighted by Gasteiger charge is -2.10. The van der Waals surface area contributed by atoms with Crippen LogP contribution in [0.2, 0.25) is 0 Å². The largest absolute Gasteiger partial charge is 0.493 e. The lowest BCUT2D eigenvalue weighted by Crippen LogP contribution is -2.30. The maximum absolute atomic E-state index is 11.9. The standard InChI is InChI=1S/C16H21N3O4/c1-22-13-5-4-12(10-14(13)23-2)11-16(21)19-9-3-8-18-15(20)6-7-17/h4-5,10H,3,6,8-9,11H2,1-2H3,(H,18,20)(H,19,21). The minimum absolute atomic E-state index is 0.111. The molecule has 7 nitrogen and oxygen atoms in total. The van der Waals surface area contributed by atoms with Gasteiger partial charge in [0.2, 0.25) is 11.8 Å². The first-order valence-electron chi connectivity index (χ1n) is 7.22. The van der Waals surface area contributed by atoms with Crippen LogP contribution in [0.15, 0.2) is 18.2 Å². The summed E-state index contributed by atoms with van der Waals surface area (Å²) in [6, 6.07) is 7.10. The molecule has 0 spiro atoms. The van der Waals surface area contributed by atoms with E-state index in [9.17, 15) is 9.59 Å². The van der Waals surface area contributed by atoms with Gasteiger partial charge in [0, 0.05) is 13.1 Å². The number of carbonyl (C=O) groups is 2. The molecule has 0 saturated carbocycles. The molecule has 0 heterocycles. The molecular weight excluding hydrogens is 298 g/mol. The predicted octanol–water partition coefficient (Wildman–Crippen LogP) is 0.782. The summed E-state index contributed by atoms with van der Waals surface area (Å²) in [5.41, 5.74) is 0.822. The molecule has 0 bridgehead atoms. The van der Waals surface area contributed by atoms with Gasteiger partial charge in [-0.15, -0.1) is 0 Å². The highest BCUT2D eigenvalue weighted by Gasteiger charge is 2.08. The van der Waals surface area contributed by atoms with Gasteiger partial charge in [0.15, 0.2) is 11.5 Å². The molecule has 0 aliphatic rings. The molecule has 1 rings (SSSR count). The first kappa shape index (κ1) is 18.3. The Kier molecular flexibility index (Phi) is 8.00. The molecule has 1 aromatic rings. The molecule has 2 amide bonds. The van der Waals surface area contributed by atoms with Gasteiger partial charge in [0.05, 0.1) is 26.7 Å². The van der Waals surface area contributed by atoms with Crippen LogP contribution in [-0.4, -0.2) is 39.1 Å². The SMILES string of the molecule is COc1ccc(CC(=O)NCCCNC(=O)CC#N)cc1OC. The van der Waals surface area contributed by atoms with Crippen LogP contribution < -0.4 is 20.1 Å². The summed E-state index contributed by atoms with van der Waals surface area (Å²) < 4.78 is 10.3. The number of methoxy groups -OCH3 is 2. The van der Waals surface area contributed by atoms with Gasteiger partial charge in [0.1, 0.15) is 6.42 Å². The van der Waals surface area contributed by atoms with Gasteiger partial charge in [0.25, 0.3) is 0 Å². The fourth-order valence-electron chi connectivity index (χ4n) is 1.92. The van der Waals surface area contributed by atoms with Crippen molar-refractivity contribution in [3.8, 4) is 17.6 Å². The van der Waals surface area contributed by atoms with Crippen LogP contribution in [0.4, 0.5) is 0 Å². The molecule has 0 aliphatic carbocycles. The van der Waals surface area contributed by atoms with E-state index in [0.717, 1.165) is 5.56 Å². The highest BCUT2D eigenvalue weighted by atomic mass is 16.5. The number of rotatable bonds is 9. The lowest BCUT2D eigenvalue weighted by molar-refractivity contribution is -0.120. The fourth-order valence-corrected chi connectivity index (χ4v) is 1.92. The Hall–Kier alpha value is -2.75. The van der Waals surface area contributed by atoms with Gasteiger partial charge in [-0.2, -0.15) is 5.26 Å². The Labute approximate surface area is 135 Å². The van der Waals surface area contributed by atoms with E-state index >= 15 is 0 Å². The zero-order chi connectivity index (χ0) is 17.1. The third-order valence-electron chi connectivity index (χ3n) is 3.05. The van der Waals surface area contributed by atoms with Crippen molar-refractivity contribution in [2.45, 2.75) is 19.3 Å². The summed E-state index contributed by atoms with van der Waals surface area (Å²) in [5.74, 6) is 0.785. The van der Waals surface area contributed by atoms with Crippen LogP contribution in [-0.2, 0) is 16.0 Å². The molecule has 0 aliphatic heterocycles. The molecule has 0 unspecified atom stereocenters. The summed E-state index contributed by atoms with van der Waals surface area (Å²) in [6.45, 7) is 0.885. The Balaban J connectivity index is 2.32. The monoisotopic (exact) mass is 319 g/mol. The minimum atomic E-state index is -0.302. The predicted molar refractivity (Wildman–Crippen MR) is 84.1 cm³/mol. The second kappa shape index (κ2) is 10.1. The highest BCUT2D eigenvalue weighted by Crippen LogP contribution is 2.27. The van der Waals surface area contributed by atoms with Gasteiger partial charge < -0.3 is 20.1 Å². The molecule has 0 atom stereocenters. The van der Waals surface area contributed by atoms with Crippen molar-refractivity contribution in [1.29, 1.82) is 5.26 Å². The summed E-state index contributed by atoms with van der Waals surface area (Å²) in [5, 5.41) is 13.7. The molecule has 7 heteroatoms. The lowest BCUT2D eigenvalue weighted by atomic mass is 10.1. The maximum Gasteiger partial charge on any atom is 0.234 e. The maximum atomic E-state index is 11.9. The van der Waals surface area contributed by atoms with Gasteiger partial charge in [-0.1, -0.05) is 6.07 Å². The summed E-state index contributed by atoms with van der Waals surface area (Å²) in [4.78, 5) is 22.9. The number of nitriles is 1. The van der Waals surface area contributed by atoms with Crippen LogP contribution in [0.1, 0.15) is 18.4 Å². The summed E-state index contributed by atoms with van der Waals surface area (Å²) in [7, 11) is 3.10. The van der Waals surface area contributed by atoms with Crippen molar-refractivity contribution in [3.63, 3.8) is 0 Å². The second-order valence-corrected chi connectivity index (χ2v) is 4.75. The average molecular weight is 319 g/mol. The van der Waals surface area contributed by atoms with Crippen LogP contribution in [0, 0.1) is 11.3 Å². The highest BCUT2D eigenvalue weighted by molar-refractivity contribution is 5.79. The summed E-state index contributed by atoms with van der Waals surface area (Å²) >= 11 is 0. The Morgan fingerprint density at radius 1 is 1.09 bits per heavy atom. The third kappa shape index (κ3) is 6.70. The van der Waals surface area contributed by atoms with Crippen LogP contribution in [0.3, 0.4) is 0 Å². The molecular formula is C16H21N3O4. The van der Waals surface area contributed by atoms with Crippen LogP contribution >= 0.6 is 0 Å². The van der Waals surface area contributed by atoms with Crippen molar-refractivity contribution in [2.75, 3.05) is 27.3 Å². The second-order valence-electron chi connectivity index (χ2n) is 4.75. The van der Waals surface area contributed by atoms with E-state index in [0.29, 0.717) is 31.0 Å². The van der Waals surface area contributed by atoms with E-state index in [1.54, 1.807) is 32.4 Å². The van der Waals surface area contributed by atoms with E-state index in [1.165, 1.54) is 0 Å². The zero-order valence-electron chi connectivity index (χ0n) is 13.3. The zero-order valence-corrected chi connectivity index (χ0v) is 13.3. The smallest absolute Gasteiger partial charge is 0.234 e. The van der Waals surface area contributed by atoms with Gasteiger partial charge in [-0.05, 0) is 24.1 Å². The van der Waals surface area contributed by atoms with Crippen molar-refractivity contribution < 1.29 is 19.1 Å². The molecule has 0 saturated heterocycles. The van der Waals surface area contributed by atoms with Gasteiger partial charge in [-0.3, -0.25) is 9.59 Å². The molecule has 0 aromatic heterocycles. The number of amides is 2. The van der Waals surface area contributed by atoms with E-state index in [4.69, 9.17) is 14.7 Å². The van der Waals surface area contributed by atoms with Crippen LogP contribution in [0.25, 0.3) is 0 Å². The third-order valence-corrected chi connectivity index (χ3v) is 3.05. The average Bonchev–Trinajstić information content (AvgIpc) is 2.54. The van der Waals surface area contributed by atoms with Gasteiger partial charge in [-0.25, -0.2) is 0 Å². The number of carbonyl (C=O) groups excluding carboxylic acids is 2. The first-order valence-corrected chi connectivity index (χ1v) is 7.22. The number of hydrogen-bond acceptors (Lipinski definition) is 5. The van der Waals surface area contributed by atoms with Gasteiger partial charge >= 0.3 is 0 Å². The number of nitrogens with one attached hydrogen (secondary N) is 2. The molecule has 0 radical (unpaired) electrons. The number of nitrogens with zero attached hydrogens (tertiary/aromatic N) is 1. The molecule has 1 aromatic carbocycles. The van der Waals surface area contributed by atoms with Crippen molar-refractivity contribution in [2.24, 2.45) is 0 Å². The van der Waals surface area contributed by atoms with E-state index in [2.05, 4.69) is 10.6 Å². The van der Waals surface area contributed by atoms with Crippen LogP contribution in [0.5, 0.6) is 11.5 Å². The molecule has 2 N–H and O–H groups in total. The minimum Gasteiger partial charge on any atom is -0.493 e. The van der Waals surface area contributed by atoms with E-state index < -0.39 is 0 Å². The van der Waals surface area contributed by atoms with Crippen molar-refractivity contribution in [3.05, 3.63) is 23.8 Å². The summed E-state index contributed by atoms with van der Waals surface area (Å²) in [6.07, 6.45) is 0.696. The first-order chi connectivity index (χ1) is 11.1. The quantitative estimate of drug-likeness (QED) is 0.655.